The Morgan fingerprint density at radius 3 is 2.96 bits per heavy atom. The normalized spacial score (nSPS) is 10.8. The van der Waals surface area contributed by atoms with Crippen molar-refractivity contribution in [1.29, 1.82) is 0 Å². The Bertz CT molecular complexity index is 915. The van der Waals surface area contributed by atoms with Crippen LogP contribution in [-0.2, 0) is 0 Å². The molecule has 9 heteroatoms. The molecule has 0 aliphatic heterocycles. The molecule has 8 nitrogen and oxygen atoms in total. The van der Waals surface area contributed by atoms with Crippen LogP contribution >= 0.6 is 11.5 Å². The van der Waals surface area contributed by atoms with Crippen molar-refractivity contribution in [2.75, 3.05) is 7.11 Å². The molecule has 23 heavy (non-hydrogen) atoms. The van der Waals surface area contributed by atoms with Gasteiger partial charge in [0.1, 0.15) is 17.9 Å². The molecule has 0 spiro atoms. The topological polar surface area (TPSA) is 83.5 Å². The van der Waals surface area contributed by atoms with Crippen molar-refractivity contribution >= 4 is 11.5 Å². The van der Waals surface area contributed by atoms with Crippen LogP contribution in [0.2, 0.25) is 0 Å². The van der Waals surface area contributed by atoms with Crippen LogP contribution in [-0.4, -0.2) is 41.2 Å². The van der Waals surface area contributed by atoms with Gasteiger partial charge in [0.05, 0.1) is 24.7 Å². The van der Waals surface area contributed by atoms with Gasteiger partial charge in [-0.15, -0.1) is 5.10 Å². The number of hydrogen-bond acceptors (Lipinski definition) is 7. The minimum absolute atomic E-state index is 0.695. The lowest BCUT2D eigenvalue weighted by Gasteiger charge is -2.13. The molecule has 0 amide bonds. The third kappa shape index (κ3) is 2.36. The molecule has 0 aliphatic rings. The highest BCUT2D eigenvalue weighted by atomic mass is 32.1. The highest BCUT2D eigenvalue weighted by Gasteiger charge is 2.13. The summed E-state index contributed by atoms with van der Waals surface area (Å²) in [6, 6.07) is 5.74. The molecule has 0 fully saturated rings. The van der Waals surface area contributed by atoms with Crippen LogP contribution < -0.4 is 4.74 Å². The Morgan fingerprint density at radius 2 is 2.22 bits per heavy atom. The number of aromatic nitrogens is 7. The van der Waals surface area contributed by atoms with E-state index in [2.05, 4.69) is 24.9 Å². The highest BCUT2D eigenvalue weighted by Crippen LogP contribution is 2.29. The Hall–Kier alpha value is -3.07. The number of benzene rings is 1. The molecule has 3 heterocycles. The van der Waals surface area contributed by atoms with Gasteiger partial charge in [-0.3, -0.25) is 4.57 Å². The first-order valence-corrected chi connectivity index (χ1v) is 7.55. The molecule has 0 unspecified atom stereocenters. The standard InChI is InChI=1S/C14H11N7OS/c1-22-13-6-11(21-9-16-18-19-21)2-3-12(13)20-5-4-15-14(20)10-7-17-23-8-10/h2-9H,1H3. The first-order chi connectivity index (χ1) is 11.4. The van der Waals surface area contributed by atoms with Crippen LogP contribution in [0.15, 0.2) is 48.5 Å². The summed E-state index contributed by atoms with van der Waals surface area (Å²) in [6.45, 7) is 0. The van der Waals surface area contributed by atoms with Gasteiger partial charge in [-0.25, -0.2) is 14.0 Å². The SMILES string of the molecule is COc1cc(-n2cnnn2)ccc1-n1ccnc1-c1cnsc1. The molecule has 0 saturated heterocycles. The number of methoxy groups -OCH3 is 1. The van der Waals surface area contributed by atoms with E-state index in [9.17, 15) is 0 Å². The molecule has 0 radical (unpaired) electrons. The molecule has 1 aromatic carbocycles. The van der Waals surface area contributed by atoms with Crippen molar-refractivity contribution in [3.63, 3.8) is 0 Å². The summed E-state index contributed by atoms with van der Waals surface area (Å²) in [5.74, 6) is 1.51. The van der Waals surface area contributed by atoms with Crippen molar-refractivity contribution < 1.29 is 4.74 Å². The predicted octanol–water partition coefficient (Wildman–Crippen LogP) is 1.98. The third-order valence-corrected chi connectivity index (χ3v) is 3.95. The highest BCUT2D eigenvalue weighted by molar-refractivity contribution is 7.03. The van der Waals surface area contributed by atoms with E-state index in [0.29, 0.717) is 5.75 Å². The van der Waals surface area contributed by atoms with E-state index in [4.69, 9.17) is 4.74 Å². The Kier molecular flexibility index (Phi) is 3.31. The van der Waals surface area contributed by atoms with E-state index in [-0.39, 0.29) is 0 Å². The van der Waals surface area contributed by atoms with Crippen LogP contribution in [0.5, 0.6) is 5.75 Å². The second kappa shape index (κ2) is 5.61. The summed E-state index contributed by atoms with van der Waals surface area (Å²) < 4.78 is 13.2. The van der Waals surface area contributed by atoms with Gasteiger partial charge in [-0.05, 0) is 34.1 Å². The zero-order chi connectivity index (χ0) is 15.6. The van der Waals surface area contributed by atoms with Gasteiger partial charge in [0, 0.05) is 29.4 Å². The first kappa shape index (κ1) is 13.6. The Balaban J connectivity index is 1.83. The van der Waals surface area contributed by atoms with Gasteiger partial charge < -0.3 is 4.74 Å². The van der Waals surface area contributed by atoms with Gasteiger partial charge in [0.25, 0.3) is 0 Å². The van der Waals surface area contributed by atoms with Crippen molar-refractivity contribution in [1.82, 2.24) is 34.1 Å². The summed E-state index contributed by atoms with van der Waals surface area (Å²) in [5.41, 5.74) is 2.66. The van der Waals surface area contributed by atoms with Gasteiger partial charge in [0.15, 0.2) is 0 Å². The number of nitrogens with zero attached hydrogens (tertiary/aromatic N) is 7. The van der Waals surface area contributed by atoms with Crippen LogP contribution in [0.3, 0.4) is 0 Å². The van der Waals surface area contributed by atoms with Crippen LogP contribution in [0.4, 0.5) is 0 Å². The molecule has 0 bridgehead atoms. The fourth-order valence-corrected chi connectivity index (χ4v) is 2.83. The second-order valence-corrected chi connectivity index (χ2v) is 5.30. The summed E-state index contributed by atoms with van der Waals surface area (Å²) in [4.78, 5) is 4.42. The van der Waals surface area contributed by atoms with Crippen molar-refractivity contribution in [3.05, 3.63) is 48.5 Å². The number of ether oxygens (including phenoxy) is 1. The number of imidazole rings is 1. The zero-order valence-corrected chi connectivity index (χ0v) is 12.9. The number of tetrazole rings is 1. The maximum absolute atomic E-state index is 5.54. The van der Waals surface area contributed by atoms with E-state index in [1.807, 2.05) is 34.3 Å². The molecule has 0 N–H and O–H groups in total. The lowest BCUT2D eigenvalue weighted by Crippen LogP contribution is -2.02. The fourth-order valence-electron chi connectivity index (χ4n) is 2.31. The average molecular weight is 325 g/mol. The monoisotopic (exact) mass is 325 g/mol. The van der Waals surface area contributed by atoms with Crippen molar-refractivity contribution in [2.24, 2.45) is 0 Å². The lowest BCUT2D eigenvalue weighted by atomic mass is 10.2. The molecule has 4 aromatic rings. The van der Waals surface area contributed by atoms with Crippen LogP contribution in [0.25, 0.3) is 22.8 Å². The van der Waals surface area contributed by atoms with E-state index >= 15 is 0 Å². The first-order valence-electron chi connectivity index (χ1n) is 6.71. The van der Waals surface area contributed by atoms with Crippen molar-refractivity contribution in [3.8, 4) is 28.5 Å². The minimum atomic E-state index is 0.695. The third-order valence-electron chi connectivity index (χ3n) is 3.37. The number of rotatable bonds is 4. The zero-order valence-electron chi connectivity index (χ0n) is 12.1. The van der Waals surface area contributed by atoms with Gasteiger partial charge in [-0.2, -0.15) is 0 Å². The van der Waals surface area contributed by atoms with E-state index in [0.717, 1.165) is 22.8 Å². The smallest absolute Gasteiger partial charge is 0.147 e. The van der Waals surface area contributed by atoms with E-state index in [1.165, 1.54) is 17.9 Å². The maximum atomic E-state index is 5.54. The average Bonchev–Trinajstić information content (AvgIpc) is 3.35. The largest absolute Gasteiger partial charge is 0.494 e. The minimum Gasteiger partial charge on any atom is -0.494 e. The van der Waals surface area contributed by atoms with E-state index < -0.39 is 0 Å². The lowest BCUT2D eigenvalue weighted by molar-refractivity contribution is 0.412. The molecular weight excluding hydrogens is 314 g/mol. The van der Waals surface area contributed by atoms with Gasteiger partial charge >= 0.3 is 0 Å². The molecule has 3 aromatic heterocycles. The van der Waals surface area contributed by atoms with Gasteiger partial charge in [0.2, 0.25) is 0 Å². The van der Waals surface area contributed by atoms with E-state index in [1.54, 1.807) is 24.2 Å². The molecule has 0 saturated carbocycles. The van der Waals surface area contributed by atoms with Crippen molar-refractivity contribution in [2.45, 2.75) is 0 Å². The maximum Gasteiger partial charge on any atom is 0.147 e. The van der Waals surface area contributed by atoms with Crippen LogP contribution in [0.1, 0.15) is 0 Å². The van der Waals surface area contributed by atoms with Crippen LogP contribution in [0, 0.1) is 0 Å². The molecule has 0 atom stereocenters. The summed E-state index contributed by atoms with van der Waals surface area (Å²) in [7, 11) is 1.63. The summed E-state index contributed by atoms with van der Waals surface area (Å²) >= 11 is 1.39. The molecule has 0 aliphatic carbocycles. The molecule has 114 valence electrons. The quantitative estimate of drug-likeness (QED) is 0.570. The summed E-state index contributed by atoms with van der Waals surface area (Å²) in [6.07, 6.45) is 6.97. The summed E-state index contributed by atoms with van der Waals surface area (Å²) in [5, 5.41) is 13.1. The fraction of sp³-hybridized carbons (Fsp3) is 0.0714. The Morgan fingerprint density at radius 1 is 1.26 bits per heavy atom. The molecular formula is C14H11N7OS. The Labute approximate surface area is 135 Å². The van der Waals surface area contributed by atoms with Gasteiger partial charge in [-0.1, -0.05) is 0 Å². The molecule has 4 rings (SSSR count). The predicted molar refractivity (Wildman–Crippen MR) is 83.9 cm³/mol. The number of hydrogen-bond donors (Lipinski definition) is 0. The second-order valence-electron chi connectivity index (χ2n) is 4.64.